The van der Waals surface area contributed by atoms with Gasteiger partial charge in [0.25, 0.3) is 11.8 Å². The molecule has 2 saturated heterocycles. The summed E-state index contributed by atoms with van der Waals surface area (Å²) in [5, 5.41) is 2.69. The predicted molar refractivity (Wildman–Crippen MR) is 96.8 cm³/mol. The molecular formula is C19H25N3O4. The monoisotopic (exact) mass is 359 g/mol. The number of amides is 3. The van der Waals surface area contributed by atoms with E-state index in [1.807, 2.05) is 4.90 Å². The van der Waals surface area contributed by atoms with E-state index < -0.39 is 0 Å². The molecule has 1 unspecified atom stereocenters. The van der Waals surface area contributed by atoms with Crippen molar-refractivity contribution in [1.82, 2.24) is 9.80 Å². The normalized spacial score (nSPS) is 20.6. The predicted octanol–water partition coefficient (Wildman–Crippen LogP) is 1.50. The van der Waals surface area contributed by atoms with Crippen LogP contribution >= 0.6 is 0 Å². The third kappa shape index (κ3) is 4.40. The second kappa shape index (κ2) is 8.31. The smallest absolute Gasteiger partial charge is 0.253 e. The van der Waals surface area contributed by atoms with Gasteiger partial charge >= 0.3 is 0 Å². The second-order valence-electron chi connectivity index (χ2n) is 6.73. The van der Waals surface area contributed by atoms with Gasteiger partial charge in [-0.25, -0.2) is 0 Å². The van der Waals surface area contributed by atoms with E-state index in [1.54, 1.807) is 29.2 Å². The van der Waals surface area contributed by atoms with E-state index in [2.05, 4.69) is 5.32 Å². The third-order valence-electron chi connectivity index (χ3n) is 4.73. The molecule has 0 radical (unpaired) electrons. The van der Waals surface area contributed by atoms with Crippen molar-refractivity contribution >= 4 is 23.4 Å². The number of nitrogens with zero attached hydrogens (tertiary/aromatic N) is 2. The molecule has 2 fully saturated rings. The second-order valence-corrected chi connectivity index (χ2v) is 6.73. The van der Waals surface area contributed by atoms with Crippen LogP contribution in [-0.2, 0) is 14.3 Å². The van der Waals surface area contributed by atoms with Crippen LogP contribution in [-0.4, -0.2) is 66.4 Å². The van der Waals surface area contributed by atoms with Crippen LogP contribution in [0.1, 0.15) is 36.5 Å². The molecule has 1 N–H and O–H groups in total. The molecule has 0 aromatic heterocycles. The van der Waals surface area contributed by atoms with Crippen LogP contribution in [0.5, 0.6) is 0 Å². The Bertz CT molecular complexity index is 685. The molecule has 0 aliphatic carbocycles. The molecule has 1 aromatic carbocycles. The summed E-state index contributed by atoms with van der Waals surface area (Å²) in [7, 11) is 0. The van der Waals surface area contributed by atoms with E-state index in [1.165, 1.54) is 6.92 Å². The first-order valence-corrected chi connectivity index (χ1v) is 9.12. The van der Waals surface area contributed by atoms with Gasteiger partial charge in [-0.3, -0.25) is 14.4 Å². The molecule has 3 rings (SSSR count). The van der Waals surface area contributed by atoms with Crippen LogP contribution in [0.15, 0.2) is 24.3 Å². The fourth-order valence-corrected chi connectivity index (χ4v) is 3.43. The first kappa shape index (κ1) is 18.4. The molecule has 0 bridgehead atoms. The Kier molecular flexibility index (Phi) is 5.88. The number of carbonyl (C=O) groups excluding carboxylic acids is 3. The molecule has 2 heterocycles. The lowest BCUT2D eigenvalue weighted by Crippen LogP contribution is -2.41. The van der Waals surface area contributed by atoms with Gasteiger partial charge in [0.1, 0.15) is 6.10 Å². The van der Waals surface area contributed by atoms with Gasteiger partial charge in [-0.1, -0.05) is 6.07 Å². The Balaban J connectivity index is 1.62. The minimum absolute atomic E-state index is 0.0458. The minimum atomic E-state index is -0.313. The Morgan fingerprint density at radius 1 is 1.08 bits per heavy atom. The largest absolute Gasteiger partial charge is 0.368 e. The number of rotatable bonds is 3. The standard InChI is InChI=1S/C19H25N3O4/c1-14(23)20-16-6-2-5-15(13-16)18(24)21-8-4-9-22(11-10-21)19(25)17-7-3-12-26-17/h2,5-6,13,17H,3-4,7-12H2,1H3,(H,20,23). The van der Waals surface area contributed by atoms with E-state index in [4.69, 9.17) is 4.74 Å². The van der Waals surface area contributed by atoms with E-state index in [-0.39, 0.29) is 23.8 Å². The van der Waals surface area contributed by atoms with Crippen LogP contribution in [0.4, 0.5) is 5.69 Å². The highest BCUT2D eigenvalue weighted by atomic mass is 16.5. The molecule has 2 aliphatic heterocycles. The van der Waals surface area contributed by atoms with Crippen LogP contribution in [0.25, 0.3) is 0 Å². The summed E-state index contributed by atoms with van der Waals surface area (Å²) in [6.07, 6.45) is 2.15. The fourth-order valence-electron chi connectivity index (χ4n) is 3.43. The van der Waals surface area contributed by atoms with Crippen molar-refractivity contribution < 1.29 is 19.1 Å². The molecule has 26 heavy (non-hydrogen) atoms. The van der Waals surface area contributed by atoms with E-state index in [0.717, 1.165) is 19.3 Å². The molecule has 0 spiro atoms. The number of carbonyl (C=O) groups is 3. The third-order valence-corrected chi connectivity index (χ3v) is 4.73. The molecule has 7 nitrogen and oxygen atoms in total. The summed E-state index contributed by atoms with van der Waals surface area (Å²) < 4.78 is 5.49. The maximum atomic E-state index is 12.8. The highest BCUT2D eigenvalue weighted by Gasteiger charge is 2.30. The van der Waals surface area contributed by atoms with Gasteiger partial charge in [-0.15, -0.1) is 0 Å². The van der Waals surface area contributed by atoms with E-state index >= 15 is 0 Å². The highest BCUT2D eigenvalue weighted by molar-refractivity contribution is 5.96. The summed E-state index contributed by atoms with van der Waals surface area (Å²) in [6, 6.07) is 6.93. The van der Waals surface area contributed by atoms with Crippen molar-refractivity contribution in [3.63, 3.8) is 0 Å². The zero-order chi connectivity index (χ0) is 18.5. The average molecular weight is 359 g/mol. The lowest BCUT2D eigenvalue weighted by Gasteiger charge is -2.24. The summed E-state index contributed by atoms with van der Waals surface area (Å²) in [5.41, 5.74) is 1.14. The zero-order valence-corrected chi connectivity index (χ0v) is 15.1. The molecular weight excluding hydrogens is 334 g/mol. The van der Waals surface area contributed by atoms with Gasteiger partial charge in [0.15, 0.2) is 0 Å². The lowest BCUT2D eigenvalue weighted by atomic mass is 10.1. The summed E-state index contributed by atoms with van der Waals surface area (Å²) >= 11 is 0. The van der Waals surface area contributed by atoms with Crippen molar-refractivity contribution in [3.05, 3.63) is 29.8 Å². The molecule has 3 amide bonds. The maximum absolute atomic E-state index is 12.8. The van der Waals surface area contributed by atoms with Crippen LogP contribution < -0.4 is 5.32 Å². The summed E-state index contributed by atoms with van der Waals surface area (Å²) in [6.45, 7) is 4.37. The van der Waals surface area contributed by atoms with Gasteiger partial charge in [-0.2, -0.15) is 0 Å². The van der Waals surface area contributed by atoms with Crippen LogP contribution in [0.2, 0.25) is 0 Å². The Morgan fingerprint density at radius 2 is 1.85 bits per heavy atom. The highest BCUT2D eigenvalue weighted by Crippen LogP contribution is 2.18. The number of benzene rings is 1. The maximum Gasteiger partial charge on any atom is 0.253 e. The van der Waals surface area contributed by atoms with Crippen molar-refractivity contribution in [3.8, 4) is 0 Å². The zero-order valence-electron chi connectivity index (χ0n) is 15.1. The number of ether oxygens (including phenoxy) is 1. The first-order chi connectivity index (χ1) is 12.5. The van der Waals surface area contributed by atoms with Crippen LogP contribution in [0.3, 0.4) is 0 Å². The fraction of sp³-hybridized carbons (Fsp3) is 0.526. The quantitative estimate of drug-likeness (QED) is 0.887. The minimum Gasteiger partial charge on any atom is -0.368 e. The summed E-state index contributed by atoms with van der Waals surface area (Å²) in [4.78, 5) is 40.1. The number of hydrogen-bond donors (Lipinski definition) is 1. The molecule has 7 heteroatoms. The lowest BCUT2D eigenvalue weighted by molar-refractivity contribution is -0.140. The molecule has 1 aromatic rings. The first-order valence-electron chi connectivity index (χ1n) is 9.12. The molecule has 0 saturated carbocycles. The van der Waals surface area contributed by atoms with Crippen molar-refractivity contribution in [2.75, 3.05) is 38.1 Å². The number of nitrogens with one attached hydrogen (secondary N) is 1. The number of anilines is 1. The Labute approximate surface area is 153 Å². The number of hydrogen-bond acceptors (Lipinski definition) is 4. The van der Waals surface area contributed by atoms with E-state index in [9.17, 15) is 14.4 Å². The van der Waals surface area contributed by atoms with Crippen molar-refractivity contribution in [1.29, 1.82) is 0 Å². The summed E-state index contributed by atoms with van der Waals surface area (Å²) in [5.74, 6) is -0.208. The van der Waals surface area contributed by atoms with Gasteiger partial charge in [-0.05, 0) is 37.5 Å². The van der Waals surface area contributed by atoms with Crippen LogP contribution in [0, 0.1) is 0 Å². The van der Waals surface area contributed by atoms with Gasteiger partial charge < -0.3 is 19.9 Å². The molecule has 1 atom stereocenters. The topological polar surface area (TPSA) is 79.0 Å². The van der Waals surface area contributed by atoms with Gasteiger partial charge in [0.05, 0.1) is 0 Å². The van der Waals surface area contributed by atoms with Crippen molar-refractivity contribution in [2.45, 2.75) is 32.3 Å². The SMILES string of the molecule is CC(=O)Nc1cccc(C(=O)N2CCCN(C(=O)C3CCCO3)CC2)c1. The average Bonchev–Trinajstić information content (AvgIpc) is 3.05. The van der Waals surface area contributed by atoms with E-state index in [0.29, 0.717) is 44.0 Å². The molecule has 2 aliphatic rings. The van der Waals surface area contributed by atoms with Gasteiger partial charge in [0, 0.05) is 51.0 Å². The Morgan fingerprint density at radius 3 is 2.58 bits per heavy atom. The van der Waals surface area contributed by atoms with Crippen molar-refractivity contribution in [2.24, 2.45) is 0 Å². The van der Waals surface area contributed by atoms with Gasteiger partial charge in [0.2, 0.25) is 5.91 Å². The molecule has 140 valence electrons. The Hall–Kier alpha value is -2.41.